The van der Waals surface area contributed by atoms with Crippen molar-refractivity contribution in [1.29, 1.82) is 0 Å². The van der Waals surface area contributed by atoms with Gasteiger partial charge in [-0.25, -0.2) is 0 Å². The molecule has 84 valence electrons. The number of carbonyl (C=O) groups is 2. The van der Waals surface area contributed by atoms with Crippen LogP contribution in [-0.4, -0.2) is 23.8 Å². The fourth-order valence-corrected chi connectivity index (χ4v) is 3.26. The Kier molecular flexibility index (Phi) is 2.03. The lowest BCUT2D eigenvalue weighted by molar-refractivity contribution is -0.138. The highest BCUT2D eigenvalue weighted by Crippen LogP contribution is 2.45. The summed E-state index contributed by atoms with van der Waals surface area (Å²) >= 11 is 0. The van der Waals surface area contributed by atoms with E-state index in [-0.39, 0.29) is 29.6 Å². The maximum Gasteiger partial charge on any atom is 0.233 e. The van der Waals surface area contributed by atoms with Crippen molar-refractivity contribution in [3.63, 3.8) is 0 Å². The van der Waals surface area contributed by atoms with Crippen LogP contribution in [0.5, 0.6) is 0 Å². The number of hydrogen-bond donors (Lipinski definition) is 0. The van der Waals surface area contributed by atoms with Crippen LogP contribution in [0.4, 0.5) is 0 Å². The van der Waals surface area contributed by atoms with Crippen molar-refractivity contribution in [2.75, 3.05) is 7.05 Å². The van der Waals surface area contributed by atoms with Crippen molar-refractivity contribution in [2.45, 2.75) is 19.3 Å². The van der Waals surface area contributed by atoms with E-state index in [9.17, 15) is 9.59 Å². The summed E-state index contributed by atoms with van der Waals surface area (Å²) in [5, 5.41) is 0. The zero-order valence-corrected chi connectivity index (χ0v) is 9.35. The Morgan fingerprint density at radius 2 is 1.94 bits per heavy atom. The van der Waals surface area contributed by atoms with Crippen molar-refractivity contribution >= 4 is 11.8 Å². The van der Waals surface area contributed by atoms with Crippen LogP contribution in [0.2, 0.25) is 0 Å². The summed E-state index contributed by atoms with van der Waals surface area (Å²) in [6, 6.07) is 0. The number of amides is 2. The Morgan fingerprint density at radius 3 is 2.75 bits per heavy atom. The van der Waals surface area contributed by atoms with Crippen LogP contribution in [-0.2, 0) is 9.59 Å². The number of rotatable bonds is 0. The number of imide groups is 1. The predicted octanol–water partition coefficient (Wildman–Crippen LogP) is 1.51. The van der Waals surface area contributed by atoms with E-state index in [1.807, 2.05) is 0 Å². The van der Waals surface area contributed by atoms with Gasteiger partial charge in [0.2, 0.25) is 11.8 Å². The van der Waals surface area contributed by atoms with Gasteiger partial charge >= 0.3 is 0 Å². The molecule has 3 heteroatoms. The topological polar surface area (TPSA) is 37.4 Å². The molecule has 0 unspecified atom stereocenters. The zero-order valence-electron chi connectivity index (χ0n) is 9.35. The third-order valence-electron chi connectivity index (χ3n) is 4.15. The van der Waals surface area contributed by atoms with E-state index in [2.05, 4.69) is 18.2 Å². The van der Waals surface area contributed by atoms with E-state index in [0.717, 1.165) is 19.3 Å². The first kappa shape index (κ1) is 9.82. The second kappa shape index (κ2) is 3.30. The van der Waals surface area contributed by atoms with Gasteiger partial charge in [0.25, 0.3) is 0 Å². The van der Waals surface area contributed by atoms with Gasteiger partial charge < -0.3 is 0 Å². The van der Waals surface area contributed by atoms with Gasteiger partial charge in [0, 0.05) is 7.05 Å². The van der Waals surface area contributed by atoms with Crippen molar-refractivity contribution in [2.24, 2.45) is 17.8 Å². The van der Waals surface area contributed by atoms with Gasteiger partial charge in [-0.1, -0.05) is 23.8 Å². The highest BCUT2D eigenvalue weighted by molar-refractivity contribution is 6.05. The first-order chi connectivity index (χ1) is 7.70. The number of nitrogens with zero attached hydrogens (tertiary/aromatic N) is 1. The molecule has 3 aliphatic rings. The molecule has 0 bridgehead atoms. The fourth-order valence-electron chi connectivity index (χ4n) is 3.26. The van der Waals surface area contributed by atoms with Gasteiger partial charge in [-0.15, -0.1) is 0 Å². The van der Waals surface area contributed by atoms with E-state index in [1.165, 1.54) is 10.5 Å². The molecule has 1 aliphatic heterocycles. The molecular weight excluding hydrogens is 202 g/mol. The van der Waals surface area contributed by atoms with Crippen LogP contribution in [0.25, 0.3) is 0 Å². The molecule has 0 aromatic carbocycles. The molecule has 1 saturated heterocycles. The first-order valence-electron chi connectivity index (χ1n) is 5.85. The Morgan fingerprint density at radius 1 is 1.12 bits per heavy atom. The summed E-state index contributed by atoms with van der Waals surface area (Å²) in [7, 11) is 1.61. The van der Waals surface area contributed by atoms with Crippen LogP contribution >= 0.6 is 0 Å². The van der Waals surface area contributed by atoms with Crippen LogP contribution < -0.4 is 0 Å². The van der Waals surface area contributed by atoms with Crippen LogP contribution in [0, 0.1) is 17.8 Å². The fraction of sp³-hybridized carbons (Fsp3) is 0.538. The standard InChI is InChI=1S/C13H15NO2/c1-14-12(15)10-7-6-8-4-2-3-5-9(8)11(10)13(14)16/h2-3,6,9-11H,4-5,7H2,1H3/t9-,10+,11-/m0/s1. The summed E-state index contributed by atoms with van der Waals surface area (Å²) in [5.41, 5.74) is 1.36. The molecule has 2 aliphatic carbocycles. The number of fused-ring (bicyclic) bond motifs is 3. The molecule has 2 amide bonds. The second-order valence-electron chi connectivity index (χ2n) is 4.90. The summed E-state index contributed by atoms with van der Waals surface area (Å²) in [5.74, 6) is 0.158. The zero-order chi connectivity index (χ0) is 11.3. The average Bonchev–Trinajstić information content (AvgIpc) is 2.55. The van der Waals surface area contributed by atoms with Crippen molar-refractivity contribution in [3.05, 3.63) is 23.8 Å². The summed E-state index contributed by atoms with van der Waals surface area (Å²) in [6.07, 6.45) is 9.10. The molecule has 0 aromatic rings. The molecule has 3 nitrogen and oxygen atoms in total. The van der Waals surface area contributed by atoms with Crippen molar-refractivity contribution in [1.82, 2.24) is 4.90 Å². The smallest absolute Gasteiger partial charge is 0.233 e. The Bertz CT molecular complexity index is 422. The van der Waals surface area contributed by atoms with Crippen LogP contribution in [0.15, 0.2) is 23.8 Å². The average molecular weight is 217 g/mol. The van der Waals surface area contributed by atoms with Crippen LogP contribution in [0.1, 0.15) is 19.3 Å². The molecule has 1 fully saturated rings. The molecule has 3 atom stereocenters. The molecule has 3 rings (SSSR count). The maximum atomic E-state index is 12.1. The monoisotopic (exact) mass is 217 g/mol. The molecule has 0 radical (unpaired) electrons. The third-order valence-corrected chi connectivity index (χ3v) is 4.15. The largest absolute Gasteiger partial charge is 0.285 e. The number of allylic oxidation sites excluding steroid dienone is 4. The summed E-state index contributed by atoms with van der Waals surface area (Å²) in [4.78, 5) is 25.3. The Balaban J connectivity index is 2.00. The minimum absolute atomic E-state index is 0.0138. The lowest BCUT2D eigenvalue weighted by Gasteiger charge is -2.32. The molecule has 16 heavy (non-hydrogen) atoms. The Labute approximate surface area is 94.8 Å². The van der Waals surface area contributed by atoms with Crippen molar-refractivity contribution in [3.8, 4) is 0 Å². The lowest BCUT2D eigenvalue weighted by atomic mass is 9.69. The highest BCUT2D eigenvalue weighted by atomic mass is 16.2. The minimum atomic E-state index is -0.0854. The molecule has 0 aromatic heterocycles. The molecular formula is C13H15NO2. The SMILES string of the molecule is CN1C(=O)[C@@H]2[C@@H](CC=C3CC=CC[C@@H]32)C1=O. The van der Waals surface area contributed by atoms with E-state index in [1.54, 1.807) is 7.05 Å². The lowest BCUT2D eigenvalue weighted by Crippen LogP contribution is -2.32. The van der Waals surface area contributed by atoms with Gasteiger partial charge in [-0.2, -0.15) is 0 Å². The summed E-state index contributed by atoms with van der Waals surface area (Å²) in [6.45, 7) is 0. The van der Waals surface area contributed by atoms with Crippen LogP contribution in [0.3, 0.4) is 0 Å². The quantitative estimate of drug-likeness (QED) is 0.455. The van der Waals surface area contributed by atoms with E-state index < -0.39 is 0 Å². The Hall–Kier alpha value is -1.38. The second-order valence-corrected chi connectivity index (χ2v) is 4.90. The van der Waals surface area contributed by atoms with Gasteiger partial charge in [0.05, 0.1) is 11.8 Å². The van der Waals surface area contributed by atoms with E-state index in [0.29, 0.717) is 0 Å². The van der Waals surface area contributed by atoms with E-state index >= 15 is 0 Å². The molecule has 0 N–H and O–H groups in total. The van der Waals surface area contributed by atoms with Gasteiger partial charge in [0.1, 0.15) is 0 Å². The van der Waals surface area contributed by atoms with Gasteiger partial charge in [0.15, 0.2) is 0 Å². The van der Waals surface area contributed by atoms with E-state index in [4.69, 9.17) is 0 Å². The number of carbonyl (C=O) groups excluding carboxylic acids is 2. The number of hydrogen-bond acceptors (Lipinski definition) is 2. The third kappa shape index (κ3) is 1.14. The van der Waals surface area contributed by atoms with Gasteiger partial charge in [-0.05, 0) is 25.2 Å². The number of likely N-dealkylation sites (tertiary alicyclic amines) is 1. The predicted molar refractivity (Wildman–Crippen MR) is 59.3 cm³/mol. The molecule has 1 heterocycles. The van der Waals surface area contributed by atoms with Crippen molar-refractivity contribution < 1.29 is 9.59 Å². The first-order valence-corrected chi connectivity index (χ1v) is 5.85. The molecule has 0 saturated carbocycles. The maximum absolute atomic E-state index is 12.1. The normalized spacial score (nSPS) is 37.2. The van der Waals surface area contributed by atoms with Gasteiger partial charge in [-0.3, -0.25) is 14.5 Å². The minimum Gasteiger partial charge on any atom is -0.285 e. The summed E-state index contributed by atoms with van der Waals surface area (Å²) < 4.78 is 0. The highest BCUT2D eigenvalue weighted by Gasteiger charge is 2.51. The molecule has 0 spiro atoms.